The van der Waals surface area contributed by atoms with Gasteiger partial charge in [-0.15, -0.1) is 0 Å². The number of carbonyl (C=O) groups is 2. The van der Waals surface area contributed by atoms with Crippen LogP contribution in [0.15, 0.2) is 88.2 Å². The van der Waals surface area contributed by atoms with E-state index in [2.05, 4.69) is 4.98 Å². The van der Waals surface area contributed by atoms with E-state index in [1.807, 2.05) is 42.6 Å². The van der Waals surface area contributed by atoms with Crippen LogP contribution in [-0.2, 0) is 0 Å². The highest BCUT2D eigenvalue weighted by Gasteiger charge is 2.47. The van der Waals surface area contributed by atoms with Crippen molar-refractivity contribution < 1.29 is 23.5 Å². The molecular formula is C34H26N4O6S. The number of aromatic nitrogens is 3. The number of para-hydroxylation sites is 2. The van der Waals surface area contributed by atoms with Gasteiger partial charge in [0.15, 0.2) is 27.8 Å². The van der Waals surface area contributed by atoms with Crippen LogP contribution in [0.4, 0.5) is 5.13 Å². The van der Waals surface area contributed by atoms with E-state index in [4.69, 9.17) is 19.0 Å². The topological polar surface area (TPSA) is 117 Å². The highest BCUT2D eigenvalue weighted by molar-refractivity contribution is 7.17. The summed E-state index contributed by atoms with van der Waals surface area (Å²) >= 11 is 1.10. The van der Waals surface area contributed by atoms with Crippen molar-refractivity contribution in [2.75, 3.05) is 19.1 Å². The molecule has 1 unspecified atom stereocenters. The number of benzene rings is 3. The number of Topliss-reactive ketones (excluding diaryl/α,β-unsaturated/α-hetero) is 1. The number of thiazole rings is 1. The summed E-state index contributed by atoms with van der Waals surface area (Å²) in [4.78, 5) is 47.5. The zero-order valence-corrected chi connectivity index (χ0v) is 25.5. The number of anilines is 1. The quantitative estimate of drug-likeness (QED) is 0.189. The smallest absolute Gasteiger partial charge is 0.297 e. The summed E-state index contributed by atoms with van der Waals surface area (Å²) in [5.74, 6) is 0.247. The molecule has 1 aliphatic heterocycles. The van der Waals surface area contributed by atoms with Crippen LogP contribution in [0.2, 0.25) is 0 Å². The number of methoxy groups -OCH3 is 2. The molecule has 11 heteroatoms. The van der Waals surface area contributed by atoms with E-state index in [9.17, 15) is 14.4 Å². The second kappa shape index (κ2) is 10.9. The van der Waals surface area contributed by atoms with Gasteiger partial charge in [-0.25, -0.2) is 9.67 Å². The van der Waals surface area contributed by atoms with E-state index in [0.717, 1.165) is 17.0 Å². The average Bonchev–Trinajstić information content (AvgIpc) is 3.75. The summed E-state index contributed by atoms with van der Waals surface area (Å²) in [6, 6.07) is 20.8. The number of nitrogens with zero attached hydrogens (tertiary/aromatic N) is 4. The maximum atomic E-state index is 14.3. The van der Waals surface area contributed by atoms with Gasteiger partial charge >= 0.3 is 0 Å². The fraction of sp³-hybridized carbons (Fsp3) is 0.147. The molecule has 10 nitrogen and oxygen atoms in total. The number of carbonyl (C=O) groups excluding carboxylic acids is 2. The van der Waals surface area contributed by atoms with E-state index in [-0.39, 0.29) is 27.7 Å². The van der Waals surface area contributed by atoms with Crippen LogP contribution in [0, 0.1) is 6.92 Å². The molecule has 0 bridgehead atoms. The lowest BCUT2D eigenvalue weighted by Gasteiger charge is -2.22. The van der Waals surface area contributed by atoms with Gasteiger partial charge in [-0.3, -0.25) is 19.3 Å². The van der Waals surface area contributed by atoms with E-state index < -0.39 is 11.9 Å². The Kier molecular flexibility index (Phi) is 6.82. The molecule has 1 amide bonds. The SMILES string of the molecule is COc1ccc(-c2nn(-c3ccccc3)cc2C2c3c(oc4ccccc4c3=O)C(=O)N2c2nc(C)c(C(C)=O)s2)cc1OC. The maximum absolute atomic E-state index is 14.3. The average molecular weight is 619 g/mol. The lowest BCUT2D eigenvalue weighted by Crippen LogP contribution is -2.29. The van der Waals surface area contributed by atoms with Crippen molar-refractivity contribution in [3.63, 3.8) is 0 Å². The molecule has 0 saturated heterocycles. The summed E-state index contributed by atoms with van der Waals surface area (Å²) in [6.45, 7) is 3.18. The molecule has 0 fully saturated rings. The van der Waals surface area contributed by atoms with Crippen molar-refractivity contribution in [2.24, 2.45) is 0 Å². The highest BCUT2D eigenvalue weighted by atomic mass is 32.1. The van der Waals surface area contributed by atoms with Gasteiger partial charge in [0.05, 0.1) is 47.1 Å². The van der Waals surface area contributed by atoms with Crippen LogP contribution in [0.5, 0.6) is 11.5 Å². The molecule has 7 rings (SSSR count). The maximum Gasteiger partial charge on any atom is 0.297 e. The molecule has 4 heterocycles. The Balaban J connectivity index is 1.55. The largest absolute Gasteiger partial charge is 0.493 e. The second-order valence-corrected chi connectivity index (χ2v) is 11.5. The molecule has 1 atom stereocenters. The first-order valence-corrected chi connectivity index (χ1v) is 14.9. The van der Waals surface area contributed by atoms with Crippen molar-refractivity contribution >= 4 is 39.1 Å². The minimum absolute atomic E-state index is 0.0772. The van der Waals surface area contributed by atoms with Crippen molar-refractivity contribution in [1.29, 1.82) is 0 Å². The molecule has 3 aromatic heterocycles. The van der Waals surface area contributed by atoms with Crippen molar-refractivity contribution in [3.8, 4) is 28.4 Å². The van der Waals surface area contributed by atoms with Crippen LogP contribution in [0.1, 0.15) is 50.0 Å². The first-order valence-electron chi connectivity index (χ1n) is 14.1. The summed E-state index contributed by atoms with van der Waals surface area (Å²) in [7, 11) is 3.10. The van der Waals surface area contributed by atoms with E-state index >= 15 is 0 Å². The normalized spacial score (nSPS) is 14.2. The Morgan fingerprint density at radius 3 is 2.40 bits per heavy atom. The molecule has 45 heavy (non-hydrogen) atoms. The number of ketones is 1. The summed E-state index contributed by atoms with van der Waals surface area (Å²) < 4.78 is 18.9. The number of aryl methyl sites for hydroxylation is 1. The first-order chi connectivity index (χ1) is 21.8. The van der Waals surface area contributed by atoms with Gasteiger partial charge in [-0.05, 0) is 49.4 Å². The first kappa shape index (κ1) is 28.2. The number of hydrogen-bond acceptors (Lipinski definition) is 9. The third kappa shape index (κ3) is 4.51. The fourth-order valence-corrected chi connectivity index (χ4v) is 6.72. The summed E-state index contributed by atoms with van der Waals surface area (Å²) in [6.07, 6.45) is 1.81. The number of ether oxygens (including phenoxy) is 2. The van der Waals surface area contributed by atoms with Gasteiger partial charge < -0.3 is 13.9 Å². The van der Waals surface area contributed by atoms with Crippen LogP contribution < -0.4 is 19.8 Å². The molecule has 0 saturated carbocycles. The second-order valence-electron chi connectivity index (χ2n) is 10.5. The molecule has 1 aliphatic rings. The van der Waals surface area contributed by atoms with E-state index in [0.29, 0.717) is 49.9 Å². The minimum Gasteiger partial charge on any atom is -0.493 e. The van der Waals surface area contributed by atoms with Gasteiger partial charge in [0.25, 0.3) is 5.91 Å². The monoisotopic (exact) mass is 618 g/mol. The molecule has 224 valence electrons. The Hall–Kier alpha value is -5.55. The zero-order valence-electron chi connectivity index (χ0n) is 24.7. The summed E-state index contributed by atoms with van der Waals surface area (Å²) in [5, 5.41) is 5.59. The molecule has 6 aromatic rings. The van der Waals surface area contributed by atoms with Crippen molar-refractivity contribution in [1.82, 2.24) is 14.8 Å². The number of hydrogen-bond donors (Lipinski definition) is 0. The predicted molar refractivity (Wildman–Crippen MR) is 170 cm³/mol. The van der Waals surface area contributed by atoms with Crippen molar-refractivity contribution in [2.45, 2.75) is 19.9 Å². The molecular weight excluding hydrogens is 592 g/mol. The van der Waals surface area contributed by atoms with Gasteiger partial charge in [0.2, 0.25) is 5.76 Å². The molecule has 0 aliphatic carbocycles. The van der Waals surface area contributed by atoms with Gasteiger partial charge in [0.1, 0.15) is 11.6 Å². The fourth-order valence-electron chi connectivity index (χ4n) is 5.73. The number of rotatable bonds is 7. The minimum atomic E-state index is -0.973. The van der Waals surface area contributed by atoms with Gasteiger partial charge in [-0.2, -0.15) is 5.10 Å². The van der Waals surface area contributed by atoms with Crippen LogP contribution >= 0.6 is 11.3 Å². The Bertz CT molecular complexity index is 2200. The van der Waals surface area contributed by atoms with E-state index in [1.54, 1.807) is 62.2 Å². The lowest BCUT2D eigenvalue weighted by molar-refractivity contribution is 0.0969. The third-order valence-electron chi connectivity index (χ3n) is 7.80. The van der Waals surface area contributed by atoms with Crippen LogP contribution in [-0.4, -0.2) is 40.7 Å². The highest BCUT2D eigenvalue weighted by Crippen LogP contribution is 2.46. The number of amides is 1. The van der Waals surface area contributed by atoms with Gasteiger partial charge in [0, 0.05) is 24.2 Å². The summed E-state index contributed by atoms with van der Waals surface area (Å²) in [5.41, 5.74) is 3.13. The molecule has 0 N–H and O–H groups in total. The van der Waals surface area contributed by atoms with Crippen molar-refractivity contribution in [3.05, 3.63) is 117 Å². The van der Waals surface area contributed by atoms with Gasteiger partial charge in [-0.1, -0.05) is 41.7 Å². The van der Waals surface area contributed by atoms with E-state index in [1.165, 1.54) is 11.8 Å². The predicted octanol–water partition coefficient (Wildman–Crippen LogP) is 6.38. The Morgan fingerprint density at radius 2 is 1.69 bits per heavy atom. The third-order valence-corrected chi connectivity index (χ3v) is 9.06. The Morgan fingerprint density at radius 1 is 0.956 bits per heavy atom. The standard InChI is InChI=1S/C34H26N4O6S/c1-18-32(19(2)39)45-34(35-18)38-29(27-30(40)22-12-8-9-13-24(22)44-31(27)33(38)41)23-17-37(21-10-6-5-7-11-21)36-28(23)20-14-15-25(42-3)26(16-20)43-4/h5-17,29H,1-4H3. The van der Waals surface area contributed by atoms with Crippen LogP contribution in [0.3, 0.4) is 0 Å². The Labute approximate surface area is 261 Å². The molecule has 0 radical (unpaired) electrons. The lowest BCUT2D eigenvalue weighted by atomic mass is 9.96. The molecule has 3 aromatic carbocycles. The molecule has 0 spiro atoms. The number of fused-ring (bicyclic) bond motifs is 2. The van der Waals surface area contributed by atoms with Crippen LogP contribution in [0.25, 0.3) is 27.9 Å². The zero-order chi connectivity index (χ0) is 31.4.